The molecule has 0 aliphatic carbocycles. The third kappa shape index (κ3) is 3.25. The summed E-state index contributed by atoms with van der Waals surface area (Å²) in [5.74, 6) is 0.706. The van der Waals surface area contributed by atoms with E-state index < -0.39 is 0 Å². The summed E-state index contributed by atoms with van der Waals surface area (Å²) in [6.07, 6.45) is 0. The highest BCUT2D eigenvalue weighted by Crippen LogP contribution is 2.35. The first-order chi connectivity index (χ1) is 9.13. The van der Waals surface area contributed by atoms with Crippen molar-refractivity contribution < 1.29 is 9.53 Å². The molecule has 0 saturated carbocycles. The van der Waals surface area contributed by atoms with E-state index in [1.807, 2.05) is 25.1 Å². The Morgan fingerprint density at radius 3 is 2.16 bits per heavy atom. The summed E-state index contributed by atoms with van der Waals surface area (Å²) in [4.78, 5) is 12.3. The van der Waals surface area contributed by atoms with Crippen LogP contribution in [-0.4, -0.2) is 12.4 Å². The highest BCUT2D eigenvalue weighted by Gasteiger charge is 2.14. The molecule has 0 radical (unpaired) electrons. The Morgan fingerprint density at radius 1 is 1.05 bits per heavy atom. The van der Waals surface area contributed by atoms with Crippen molar-refractivity contribution in [3.63, 3.8) is 0 Å². The zero-order valence-corrected chi connectivity index (χ0v) is 13.5. The molecule has 4 heteroatoms. The van der Waals surface area contributed by atoms with E-state index >= 15 is 0 Å². The van der Waals surface area contributed by atoms with Crippen LogP contribution in [0.15, 0.2) is 51.4 Å². The first kappa shape index (κ1) is 14.3. The minimum Gasteiger partial charge on any atom is -0.492 e. The molecule has 0 bridgehead atoms. The third-order valence-corrected chi connectivity index (χ3v) is 3.76. The molecule has 2 aromatic carbocycles. The van der Waals surface area contributed by atoms with Crippen molar-refractivity contribution in [3.8, 4) is 5.75 Å². The second kappa shape index (κ2) is 6.35. The van der Waals surface area contributed by atoms with Crippen molar-refractivity contribution in [2.24, 2.45) is 0 Å². The third-order valence-electron chi connectivity index (χ3n) is 2.59. The van der Waals surface area contributed by atoms with Crippen LogP contribution in [0.2, 0.25) is 0 Å². The number of carbonyl (C=O) groups excluding carboxylic acids is 1. The number of rotatable bonds is 4. The molecule has 0 heterocycles. The van der Waals surface area contributed by atoms with E-state index in [1.54, 1.807) is 24.3 Å². The standard InChI is InChI=1S/C15H12Br2O2/c1-2-19-15-12(16)8-11(9-13(15)17)14(18)10-6-4-3-5-7-10/h3-9H,2H2,1H3. The molecule has 0 aromatic heterocycles. The van der Waals surface area contributed by atoms with Gasteiger partial charge < -0.3 is 4.74 Å². The van der Waals surface area contributed by atoms with Gasteiger partial charge in [-0.2, -0.15) is 0 Å². The summed E-state index contributed by atoms with van der Waals surface area (Å²) >= 11 is 6.87. The van der Waals surface area contributed by atoms with Crippen molar-refractivity contribution in [2.45, 2.75) is 6.92 Å². The molecule has 0 spiro atoms. The van der Waals surface area contributed by atoms with Crippen LogP contribution < -0.4 is 4.74 Å². The molecule has 0 aliphatic heterocycles. The molecular weight excluding hydrogens is 372 g/mol. The SMILES string of the molecule is CCOc1c(Br)cc(C(=O)c2ccccc2)cc1Br. The highest BCUT2D eigenvalue weighted by molar-refractivity contribution is 9.11. The van der Waals surface area contributed by atoms with Gasteiger partial charge in [0.15, 0.2) is 5.78 Å². The van der Waals surface area contributed by atoms with Gasteiger partial charge in [0.25, 0.3) is 0 Å². The summed E-state index contributed by atoms with van der Waals surface area (Å²) < 4.78 is 7.04. The maximum absolute atomic E-state index is 12.3. The van der Waals surface area contributed by atoms with Gasteiger partial charge in [0, 0.05) is 11.1 Å². The molecule has 0 amide bonds. The molecular formula is C15H12Br2O2. The summed E-state index contributed by atoms with van der Waals surface area (Å²) in [7, 11) is 0. The fourth-order valence-corrected chi connectivity index (χ4v) is 3.14. The Kier molecular flexibility index (Phi) is 4.77. The van der Waals surface area contributed by atoms with E-state index in [1.165, 1.54) is 0 Å². The van der Waals surface area contributed by atoms with E-state index in [4.69, 9.17) is 4.74 Å². The van der Waals surface area contributed by atoms with Crippen LogP contribution in [0.4, 0.5) is 0 Å². The average molecular weight is 384 g/mol. The Hall–Kier alpha value is -1.13. The molecule has 0 saturated heterocycles. The first-order valence-corrected chi connectivity index (χ1v) is 7.43. The lowest BCUT2D eigenvalue weighted by Gasteiger charge is -2.10. The predicted molar refractivity (Wildman–Crippen MR) is 82.9 cm³/mol. The Morgan fingerprint density at radius 2 is 1.63 bits per heavy atom. The van der Waals surface area contributed by atoms with Gasteiger partial charge in [0.2, 0.25) is 0 Å². The van der Waals surface area contributed by atoms with Gasteiger partial charge in [-0.15, -0.1) is 0 Å². The lowest BCUT2D eigenvalue weighted by atomic mass is 10.0. The maximum Gasteiger partial charge on any atom is 0.193 e. The number of hydrogen-bond acceptors (Lipinski definition) is 2. The van der Waals surface area contributed by atoms with Gasteiger partial charge in [0.05, 0.1) is 15.6 Å². The van der Waals surface area contributed by atoms with E-state index in [0.717, 1.165) is 8.95 Å². The topological polar surface area (TPSA) is 26.3 Å². The molecule has 0 unspecified atom stereocenters. The number of ketones is 1. The fourth-order valence-electron chi connectivity index (χ4n) is 1.73. The Labute approximate surface area is 129 Å². The van der Waals surface area contributed by atoms with Gasteiger partial charge >= 0.3 is 0 Å². The van der Waals surface area contributed by atoms with Gasteiger partial charge in [-0.25, -0.2) is 0 Å². The summed E-state index contributed by atoms with van der Waals surface area (Å²) in [6, 6.07) is 12.8. The van der Waals surface area contributed by atoms with Gasteiger partial charge in [0.1, 0.15) is 5.75 Å². The lowest BCUT2D eigenvalue weighted by molar-refractivity contribution is 0.103. The van der Waals surface area contributed by atoms with E-state index in [9.17, 15) is 4.79 Å². The van der Waals surface area contributed by atoms with E-state index in [0.29, 0.717) is 23.5 Å². The molecule has 2 rings (SSSR count). The van der Waals surface area contributed by atoms with Crippen molar-refractivity contribution >= 4 is 37.6 Å². The number of halogens is 2. The van der Waals surface area contributed by atoms with Gasteiger partial charge in [-0.3, -0.25) is 4.79 Å². The molecule has 0 aliphatic rings. The zero-order valence-electron chi connectivity index (χ0n) is 10.3. The second-order valence-corrected chi connectivity index (χ2v) is 5.61. The Balaban J connectivity index is 2.39. The summed E-state index contributed by atoms with van der Waals surface area (Å²) in [5, 5.41) is 0. The first-order valence-electron chi connectivity index (χ1n) is 5.85. The predicted octanol–water partition coefficient (Wildman–Crippen LogP) is 4.84. The number of hydrogen-bond donors (Lipinski definition) is 0. The maximum atomic E-state index is 12.3. The summed E-state index contributed by atoms with van der Waals surface area (Å²) in [5.41, 5.74) is 1.29. The smallest absolute Gasteiger partial charge is 0.193 e. The van der Waals surface area contributed by atoms with Crippen molar-refractivity contribution in [3.05, 3.63) is 62.5 Å². The van der Waals surface area contributed by atoms with Crippen LogP contribution in [0.1, 0.15) is 22.8 Å². The fraction of sp³-hybridized carbons (Fsp3) is 0.133. The summed E-state index contributed by atoms with van der Waals surface area (Å²) in [6.45, 7) is 2.49. The normalized spacial score (nSPS) is 10.3. The molecule has 0 fully saturated rings. The second-order valence-electron chi connectivity index (χ2n) is 3.90. The van der Waals surface area contributed by atoms with Crippen LogP contribution in [0.5, 0.6) is 5.75 Å². The number of ether oxygens (including phenoxy) is 1. The number of benzene rings is 2. The van der Waals surface area contributed by atoms with E-state index in [-0.39, 0.29) is 5.78 Å². The molecule has 2 aromatic rings. The number of carbonyl (C=O) groups is 1. The molecule has 0 N–H and O–H groups in total. The van der Waals surface area contributed by atoms with Crippen molar-refractivity contribution in [1.82, 2.24) is 0 Å². The molecule has 2 nitrogen and oxygen atoms in total. The van der Waals surface area contributed by atoms with Crippen molar-refractivity contribution in [2.75, 3.05) is 6.61 Å². The molecule has 0 atom stereocenters. The minimum atomic E-state index is -0.00921. The van der Waals surface area contributed by atoms with E-state index in [2.05, 4.69) is 31.9 Å². The minimum absolute atomic E-state index is 0.00921. The average Bonchev–Trinajstić information content (AvgIpc) is 2.43. The zero-order chi connectivity index (χ0) is 13.8. The van der Waals surface area contributed by atoms with Crippen LogP contribution in [0.3, 0.4) is 0 Å². The van der Waals surface area contributed by atoms with Gasteiger partial charge in [-0.05, 0) is 50.9 Å². The molecule has 19 heavy (non-hydrogen) atoms. The Bertz CT molecular complexity index is 571. The highest BCUT2D eigenvalue weighted by atomic mass is 79.9. The quantitative estimate of drug-likeness (QED) is 0.706. The van der Waals surface area contributed by atoms with Gasteiger partial charge in [-0.1, -0.05) is 30.3 Å². The monoisotopic (exact) mass is 382 g/mol. The lowest BCUT2D eigenvalue weighted by Crippen LogP contribution is -2.02. The molecule has 98 valence electrons. The van der Waals surface area contributed by atoms with Crippen LogP contribution >= 0.6 is 31.9 Å². The van der Waals surface area contributed by atoms with Crippen LogP contribution in [0, 0.1) is 0 Å². The van der Waals surface area contributed by atoms with Crippen LogP contribution in [0.25, 0.3) is 0 Å². The van der Waals surface area contributed by atoms with Crippen molar-refractivity contribution in [1.29, 1.82) is 0 Å². The van der Waals surface area contributed by atoms with Crippen LogP contribution in [-0.2, 0) is 0 Å². The largest absolute Gasteiger partial charge is 0.492 e.